The Morgan fingerprint density at radius 3 is 2.81 bits per heavy atom. The molecule has 3 rings (SSSR count). The lowest BCUT2D eigenvalue weighted by Gasteiger charge is -1.99. The highest BCUT2D eigenvalue weighted by Gasteiger charge is 2.15. The van der Waals surface area contributed by atoms with Crippen molar-refractivity contribution in [1.82, 2.24) is 10.2 Å². The lowest BCUT2D eigenvalue weighted by molar-refractivity contribution is 0.102. The van der Waals surface area contributed by atoms with Crippen molar-refractivity contribution in [2.75, 3.05) is 5.32 Å². The lowest BCUT2D eigenvalue weighted by Crippen LogP contribution is -2.10. The quantitative estimate of drug-likeness (QED) is 0.769. The molecule has 0 spiro atoms. The third-order valence-electron chi connectivity index (χ3n) is 2.55. The van der Waals surface area contributed by atoms with Crippen LogP contribution >= 0.6 is 34.5 Å². The van der Waals surface area contributed by atoms with E-state index in [4.69, 9.17) is 27.6 Å². The summed E-state index contributed by atoms with van der Waals surface area (Å²) in [6.45, 7) is 0. The van der Waals surface area contributed by atoms with E-state index in [2.05, 4.69) is 15.5 Å². The molecule has 0 bridgehead atoms. The van der Waals surface area contributed by atoms with Crippen LogP contribution in [-0.2, 0) is 0 Å². The van der Waals surface area contributed by atoms with Gasteiger partial charge >= 0.3 is 6.01 Å². The molecule has 0 saturated heterocycles. The monoisotopic (exact) mass is 339 g/mol. The van der Waals surface area contributed by atoms with Crippen molar-refractivity contribution in [1.29, 1.82) is 0 Å². The van der Waals surface area contributed by atoms with E-state index in [0.717, 1.165) is 0 Å². The van der Waals surface area contributed by atoms with Crippen LogP contribution in [-0.4, -0.2) is 16.1 Å². The van der Waals surface area contributed by atoms with Crippen LogP contribution in [0.4, 0.5) is 6.01 Å². The topological polar surface area (TPSA) is 68.0 Å². The van der Waals surface area contributed by atoms with Crippen LogP contribution in [0, 0.1) is 0 Å². The van der Waals surface area contributed by atoms with Gasteiger partial charge in [0.25, 0.3) is 11.8 Å². The SMILES string of the molecule is O=C(Nc1nnc(-c2ccc(Cl)cc2Cl)o1)c1cccs1. The summed E-state index contributed by atoms with van der Waals surface area (Å²) in [6.07, 6.45) is 0. The largest absolute Gasteiger partial charge is 0.403 e. The normalized spacial score (nSPS) is 10.6. The van der Waals surface area contributed by atoms with Crippen molar-refractivity contribution in [3.63, 3.8) is 0 Å². The number of anilines is 1. The molecule has 0 unspecified atom stereocenters. The molecule has 0 aliphatic heterocycles. The van der Waals surface area contributed by atoms with Gasteiger partial charge in [0.1, 0.15) is 0 Å². The van der Waals surface area contributed by atoms with Crippen LogP contribution in [0.1, 0.15) is 9.67 Å². The first kappa shape index (κ1) is 14.1. The highest BCUT2D eigenvalue weighted by Crippen LogP contribution is 2.30. The molecule has 1 N–H and O–H groups in total. The fourth-order valence-electron chi connectivity index (χ4n) is 1.61. The van der Waals surface area contributed by atoms with E-state index in [9.17, 15) is 4.79 Å². The summed E-state index contributed by atoms with van der Waals surface area (Å²) < 4.78 is 5.38. The van der Waals surface area contributed by atoms with Crippen molar-refractivity contribution in [2.24, 2.45) is 0 Å². The second kappa shape index (κ2) is 5.85. The molecule has 5 nitrogen and oxygen atoms in total. The number of benzene rings is 1. The summed E-state index contributed by atoms with van der Waals surface area (Å²) in [5, 5.41) is 12.9. The Morgan fingerprint density at radius 2 is 2.10 bits per heavy atom. The number of aromatic nitrogens is 2. The van der Waals surface area contributed by atoms with Gasteiger partial charge < -0.3 is 4.42 Å². The summed E-state index contributed by atoms with van der Waals surface area (Å²) >= 11 is 13.2. The average molecular weight is 340 g/mol. The van der Waals surface area contributed by atoms with E-state index in [1.54, 1.807) is 30.3 Å². The third-order valence-corrected chi connectivity index (χ3v) is 3.97. The lowest BCUT2D eigenvalue weighted by atomic mass is 10.2. The fourth-order valence-corrected chi connectivity index (χ4v) is 2.72. The predicted octanol–water partition coefficient (Wildman–Crippen LogP) is 4.36. The maximum Gasteiger partial charge on any atom is 0.322 e. The molecule has 0 aliphatic rings. The van der Waals surface area contributed by atoms with Gasteiger partial charge in [-0.3, -0.25) is 10.1 Å². The Labute approximate surface area is 133 Å². The Balaban J connectivity index is 1.82. The van der Waals surface area contributed by atoms with Crippen molar-refractivity contribution in [3.05, 3.63) is 50.6 Å². The molecule has 0 atom stereocenters. The maximum atomic E-state index is 11.9. The number of nitrogens with one attached hydrogen (secondary N) is 1. The molecule has 0 radical (unpaired) electrons. The number of hydrogen-bond donors (Lipinski definition) is 1. The van der Waals surface area contributed by atoms with Crippen LogP contribution in [0.5, 0.6) is 0 Å². The second-order valence-electron chi connectivity index (χ2n) is 3.97. The van der Waals surface area contributed by atoms with Crippen molar-refractivity contribution in [3.8, 4) is 11.5 Å². The number of carbonyl (C=O) groups is 1. The van der Waals surface area contributed by atoms with Crippen LogP contribution in [0.2, 0.25) is 10.0 Å². The highest BCUT2D eigenvalue weighted by atomic mass is 35.5. The Hall–Kier alpha value is -1.89. The van der Waals surface area contributed by atoms with Gasteiger partial charge in [-0.05, 0) is 29.6 Å². The zero-order valence-electron chi connectivity index (χ0n) is 10.3. The minimum atomic E-state index is -0.303. The summed E-state index contributed by atoms with van der Waals surface area (Å²) in [4.78, 5) is 12.4. The highest BCUT2D eigenvalue weighted by molar-refractivity contribution is 7.12. The molecule has 0 fully saturated rings. The summed E-state index contributed by atoms with van der Waals surface area (Å²) in [7, 11) is 0. The molecule has 21 heavy (non-hydrogen) atoms. The number of amides is 1. The maximum absolute atomic E-state index is 11.9. The Kier molecular flexibility index (Phi) is 3.92. The number of nitrogens with zero attached hydrogens (tertiary/aromatic N) is 2. The van der Waals surface area contributed by atoms with Gasteiger partial charge in [-0.15, -0.1) is 16.4 Å². The van der Waals surface area contributed by atoms with E-state index in [1.807, 2.05) is 5.38 Å². The fraction of sp³-hybridized carbons (Fsp3) is 0. The van der Waals surface area contributed by atoms with Crippen molar-refractivity contribution >= 4 is 46.5 Å². The Bertz CT molecular complexity index is 787. The number of halogens is 2. The molecular weight excluding hydrogens is 333 g/mol. The number of hydrogen-bond acceptors (Lipinski definition) is 5. The summed E-state index contributed by atoms with van der Waals surface area (Å²) in [5.41, 5.74) is 0.546. The number of thiophene rings is 1. The predicted molar refractivity (Wildman–Crippen MR) is 82.0 cm³/mol. The molecule has 3 aromatic rings. The van der Waals surface area contributed by atoms with E-state index in [-0.39, 0.29) is 17.8 Å². The van der Waals surface area contributed by atoms with Crippen LogP contribution in [0.15, 0.2) is 40.1 Å². The first-order chi connectivity index (χ1) is 10.1. The van der Waals surface area contributed by atoms with Crippen LogP contribution < -0.4 is 5.32 Å². The molecule has 0 saturated carbocycles. The number of rotatable bonds is 3. The molecule has 1 amide bonds. The zero-order chi connectivity index (χ0) is 14.8. The van der Waals surface area contributed by atoms with Gasteiger partial charge in [-0.2, -0.15) is 0 Å². The van der Waals surface area contributed by atoms with Crippen LogP contribution in [0.25, 0.3) is 11.5 Å². The molecule has 106 valence electrons. The Morgan fingerprint density at radius 1 is 1.24 bits per heavy atom. The first-order valence-electron chi connectivity index (χ1n) is 5.77. The van der Waals surface area contributed by atoms with Crippen LogP contribution in [0.3, 0.4) is 0 Å². The van der Waals surface area contributed by atoms with Crippen molar-refractivity contribution < 1.29 is 9.21 Å². The van der Waals surface area contributed by atoms with Gasteiger partial charge in [-0.25, -0.2) is 0 Å². The minimum absolute atomic E-state index is 0.00872. The molecule has 2 aromatic heterocycles. The third kappa shape index (κ3) is 3.07. The minimum Gasteiger partial charge on any atom is -0.403 e. The molecule has 0 aliphatic carbocycles. The number of carbonyl (C=O) groups excluding carboxylic acids is 1. The van der Waals surface area contributed by atoms with E-state index in [0.29, 0.717) is 20.5 Å². The standard InChI is InChI=1S/C13H7Cl2N3O2S/c14-7-3-4-8(9(15)6-7)12-17-18-13(20-12)16-11(19)10-2-1-5-21-10/h1-6H,(H,16,18,19). The van der Waals surface area contributed by atoms with Gasteiger partial charge in [-0.1, -0.05) is 34.4 Å². The molecule has 8 heteroatoms. The van der Waals surface area contributed by atoms with Crippen molar-refractivity contribution in [2.45, 2.75) is 0 Å². The molecular formula is C13H7Cl2N3O2S. The molecule has 1 aromatic carbocycles. The van der Waals surface area contributed by atoms with E-state index in [1.165, 1.54) is 11.3 Å². The van der Waals surface area contributed by atoms with E-state index < -0.39 is 0 Å². The molecule has 2 heterocycles. The zero-order valence-corrected chi connectivity index (χ0v) is 12.7. The van der Waals surface area contributed by atoms with Gasteiger partial charge in [0.05, 0.1) is 15.5 Å². The smallest absolute Gasteiger partial charge is 0.322 e. The van der Waals surface area contributed by atoms with Gasteiger partial charge in [0.15, 0.2) is 0 Å². The van der Waals surface area contributed by atoms with Gasteiger partial charge in [0, 0.05) is 5.02 Å². The first-order valence-corrected chi connectivity index (χ1v) is 7.41. The second-order valence-corrected chi connectivity index (χ2v) is 5.76. The van der Waals surface area contributed by atoms with Gasteiger partial charge in [0.2, 0.25) is 0 Å². The average Bonchev–Trinajstić information content (AvgIpc) is 3.09. The van der Waals surface area contributed by atoms with E-state index >= 15 is 0 Å². The summed E-state index contributed by atoms with van der Waals surface area (Å²) in [6, 6.07) is 8.40. The summed E-state index contributed by atoms with van der Waals surface area (Å²) in [5.74, 6) is -0.0967.